The van der Waals surface area contributed by atoms with Crippen molar-refractivity contribution in [3.63, 3.8) is 0 Å². The Hall–Kier alpha value is -3.06. The lowest BCUT2D eigenvalue weighted by molar-refractivity contribution is -0.137. The van der Waals surface area contributed by atoms with Gasteiger partial charge >= 0.3 is 12.4 Å². The zero-order chi connectivity index (χ0) is 26.7. The SMILES string of the molecule is FC(F)(F)c1ccccc1-c1ccc(-c2nc3sc(-c4ccc(-c5ccccc5C(F)(F)F)s4)nc3s2)s1. The summed E-state index contributed by atoms with van der Waals surface area (Å²) in [7, 11) is 0. The minimum Gasteiger partial charge on any atom is -0.222 e. The van der Waals surface area contributed by atoms with Crippen LogP contribution in [0.1, 0.15) is 11.1 Å². The average molecular weight is 595 g/mol. The van der Waals surface area contributed by atoms with Crippen LogP contribution in [0.25, 0.3) is 50.3 Å². The molecule has 2 aromatic carbocycles. The molecule has 4 heterocycles. The van der Waals surface area contributed by atoms with E-state index in [0.717, 1.165) is 21.9 Å². The summed E-state index contributed by atoms with van der Waals surface area (Å²) >= 11 is 5.11. The van der Waals surface area contributed by atoms with Gasteiger partial charge in [0.25, 0.3) is 0 Å². The van der Waals surface area contributed by atoms with E-state index in [2.05, 4.69) is 9.97 Å². The Bertz CT molecular complexity index is 1610. The molecule has 0 aliphatic rings. The number of halogens is 6. The fraction of sp³-hybridized carbons (Fsp3) is 0.0769. The molecular formula is C26H12F6N2S4. The molecule has 0 aliphatic carbocycles. The van der Waals surface area contributed by atoms with Crippen LogP contribution in [0.5, 0.6) is 0 Å². The zero-order valence-electron chi connectivity index (χ0n) is 18.7. The lowest BCUT2D eigenvalue weighted by atomic mass is 10.1. The van der Waals surface area contributed by atoms with Gasteiger partial charge in [-0.3, -0.25) is 0 Å². The molecule has 6 rings (SSSR count). The minimum atomic E-state index is -4.46. The van der Waals surface area contributed by atoms with Crippen molar-refractivity contribution in [2.75, 3.05) is 0 Å². The molecule has 0 fully saturated rings. The predicted octanol–water partition coefficient (Wildman–Crippen LogP) is 10.6. The van der Waals surface area contributed by atoms with Gasteiger partial charge in [0.1, 0.15) is 10.0 Å². The zero-order valence-corrected chi connectivity index (χ0v) is 22.0. The summed E-state index contributed by atoms with van der Waals surface area (Å²) in [6.45, 7) is 0. The van der Waals surface area contributed by atoms with Crippen molar-refractivity contribution in [2.45, 2.75) is 12.4 Å². The maximum Gasteiger partial charge on any atom is 0.417 e. The summed E-state index contributed by atoms with van der Waals surface area (Å²) in [5.41, 5.74) is -1.13. The van der Waals surface area contributed by atoms with Gasteiger partial charge in [-0.25, -0.2) is 9.97 Å². The van der Waals surface area contributed by atoms with E-state index >= 15 is 0 Å². The Morgan fingerprint density at radius 3 is 1.21 bits per heavy atom. The number of alkyl halides is 6. The first-order valence-electron chi connectivity index (χ1n) is 10.9. The Labute approximate surface area is 227 Å². The van der Waals surface area contributed by atoms with E-state index in [-0.39, 0.29) is 11.1 Å². The molecule has 2 nitrogen and oxygen atoms in total. The highest BCUT2D eigenvalue weighted by Gasteiger charge is 2.34. The van der Waals surface area contributed by atoms with Crippen molar-refractivity contribution in [2.24, 2.45) is 0 Å². The molecule has 0 unspecified atom stereocenters. The number of benzene rings is 2. The van der Waals surface area contributed by atoms with Gasteiger partial charge in [0.15, 0.2) is 9.66 Å². The number of thiophene rings is 2. The van der Waals surface area contributed by atoms with E-state index in [4.69, 9.17) is 0 Å². The van der Waals surface area contributed by atoms with Crippen LogP contribution in [0.3, 0.4) is 0 Å². The predicted molar refractivity (Wildman–Crippen MR) is 143 cm³/mol. The highest BCUT2D eigenvalue weighted by atomic mass is 32.1. The second kappa shape index (κ2) is 9.30. The van der Waals surface area contributed by atoms with Gasteiger partial charge in [-0.05, 0) is 36.4 Å². The van der Waals surface area contributed by atoms with E-state index in [1.165, 1.54) is 69.6 Å². The van der Waals surface area contributed by atoms with E-state index in [1.54, 1.807) is 36.4 Å². The fourth-order valence-corrected chi connectivity index (χ4v) is 8.18. The topological polar surface area (TPSA) is 25.8 Å². The van der Waals surface area contributed by atoms with Crippen molar-refractivity contribution in [1.29, 1.82) is 0 Å². The molecule has 12 heteroatoms. The number of fused-ring (bicyclic) bond motifs is 1. The van der Waals surface area contributed by atoms with E-state index in [1.807, 2.05) is 0 Å². The Morgan fingerprint density at radius 2 is 0.816 bits per heavy atom. The second-order valence-corrected chi connectivity index (χ2v) is 12.2. The standard InChI is InChI=1S/C26H12F6N2S4/c27-25(28,29)15-7-3-1-5-13(15)17-9-11-19(35-17)21-33-23-24(37-21)34-22(38-23)20-12-10-18(36-20)14-6-2-4-8-16(14)26(30,31)32/h1-12H. The lowest BCUT2D eigenvalue weighted by Gasteiger charge is -2.11. The molecule has 38 heavy (non-hydrogen) atoms. The molecule has 0 aliphatic heterocycles. The smallest absolute Gasteiger partial charge is 0.222 e. The molecule has 192 valence electrons. The molecule has 0 amide bonds. The maximum absolute atomic E-state index is 13.4. The van der Waals surface area contributed by atoms with Gasteiger partial charge in [-0.15, -0.1) is 22.7 Å². The Balaban J connectivity index is 1.29. The van der Waals surface area contributed by atoms with E-state index in [0.29, 0.717) is 29.4 Å². The molecule has 0 radical (unpaired) electrons. The van der Waals surface area contributed by atoms with Gasteiger partial charge in [-0.1, -0.05) is 59.1 Å². The maximum atomic E-state index is 13.4. The normalized spacial score (nSPS) is 12.5. The van der Waals surface area contributed by atoms with Crippen LogP contribution in [-0.2, 0) is 12.4 Å². The highest BCUT2D eigenvalue weighted by molar-refractivity contribution is 7.32. The van der Waals surface area contributed by atoms with Gasteiger partial charge < -0.3 is 0 Å². The Morgan fingerprint density at radius 1 is 0.447 bits per heavy atom. The summed E-state index contributed by atoms with van der Waals surface area (Å²) < 4.78 is 80.7. The van der Waals surface area contributed by atoms with Crippen molar-refractivity contribution >= 4 is 55.0 Å². The quantitative estimate of drug-likeness (QED) is 0.190. The van der Waals surface area contributed by atoms with Gasteiger partial charge in [0, 0.05) is 20.9 Å². The third-order valence-electron chi connectivity index (χ3n) is 5.61. The molecule has 4 aromatic heterocycles. The van der Waals surface area contributed by atoms with Crippen molar-refractivity contribution < 1.29 is 26.3 Å². The van der Waals surface area contributed by atoms with Gasteiger partial charge in [0.2, 0.25) is 0 Å². The van der Waals surface area contributed by atoms with Crippen LogP contribution in [-0.4, -0.2) is 9.97 Å². The molecular weight excluding hydrogens is 583 g/mol. The number of rotatable bonds is 4. The monoisotopic (exact) mass is 594 g/mol. The summed E-state index contributed by atoms with van der Waals surface area (Å²) in [6.07, 6.45) is -8.91. The summed E-state index contributed by atoms with van der Waals surface area (Å²) in [4.78, 5) is 13.0. The summed E-state index contributed by atoms with van der Waals surface area (Å²) in [5, 5.41) is 1.30. The van der Waals surface area contributed by atoms with Crippen LogP contribution >= 0.6 is 45.3 Å². The summed E-state index contributed by atoms with van der Waals surface area (Å²) in [6, 6.07) is 17.7. The van der Waals surface area contributed by atoms with Crippen LogP contribution in [0.2, 0.25) is 0 Å². The molecule has 0 N–H and O–H groups in total. The summed E-state index contributed by atoms with van der Waals surface area (Å²) in [5.74, 6) is 0. The van der Waals surface area contributed by atoms with Crippen LogP contribution in [0.4, 0.5) is 26.3 Å². The van der Waals surface area contributed by atoms with E-state index < -0.39 is 23.5 Å². The largest absolute Gasteiger partial charge is 0.417 e. The lowest BCUT2D eigenvalue weighted by Crippen LogP contribution is -2.06. The average Bonchev–Trinajstić information content (AvgIpc) is 3.66. The van der Waals surface area contributed by atoms with Gasteiger partial charge in [-0.2, -0.15) is 26.3 Å². The first-order chi connectivity index (χ1) is 18.1. The third-order valence-corrected chi connectivity index (χ3v) is 10.2. The second-order valence-electron chi connectivity index (χ2n) is 8.06. The molecule has 6 aromatic rings. The number of hydrogen-bond donors (Lipinski definition) is 0. The minimum absolute atomic E-state index is 0.121. The molecule has 0 saturated carbocycles. The van der Waals surface area contributed by atoms with E-state index in [9.17, 15) is 26.3 Å². The molecule has 0 atom stereocenters. The first kappa shape index (κ1) is 25.2. The molecule has 0 bridgehead atoms. The fourth-order valence-electron chi connectivity index (χ4n) is 3.94. The number of aromatic nitrogens is 2. The number of thiazole rings is 2. The van der Waals surface area contributed by atoms with Gasteiger partial charge in [0.05, 0.1) is 20.9 Å². The first-order valence-corrected chi connectivity index (χ1v) is 14.2. The van der Waals surface area contributed by atoms with Crippen molar-refractivity contribution in [1.82, 2.24) is 9.97 Å². The highest BCUT2D eigenvalue weighted by Crippen LogP contribution is 2.46. The molecule has 0 spiro atoms. The third kappa shape index (κ3) is 4.66. The Kier molecular flexibility index (Phi) is 6.17. The van der Waals surface area contributed by atoms with Crippen LogP contribution < -0.4 is 0 Å². The van der Waals surface area contributed by atoms with Crippen molar-refractivity contribution in [3.05, 3.63) is 83.9 Å². The van der Waals surface area contributed by atoms with Crippen LogP contribution in [0.15, 0.2) is 72.8 Å². The number of nitrogens with zero attached hydrogens (tertiary/aromatic N) is 2. The number of hydrogen-bond acceptors (Lipinski definition) is 6. The van der Waals surface area contributed by atoms with Crippen molar-refractivity contribution in [3.8, 4) is 40.7 Å². The van der Waals surface area contributed by atoms with Crippen LogP contribution in [0, 0.1) is 0 Å². The molecule has 0 saturated heterocycles.